The minimum absolute atomic E-state index is 0.0188. The first-order valence-electron chi connectivity index (χ1n) is 8.43. The Morgan fingerprint density at radius 3 is 2.39 bits per heavy atom. The second-order valence-corrected chi connectivity index (χ2v) is 8.46. The normalized spacial score (nSPS) is 11.2. The lowest BCUT2D eigenvalue weighted by Crippen LogP contribution is -2.43. The summed E-state index contributed by atoms with van der Waals surface area (Å²) >= 11 is 0. The van der Waals surface area contributed by atoms with Gasteiger partial charge in [0.15, 0.2) is 6.61 Å². The topological polar surface area (TPSA) is 105 Å². The maximum atomic E-state index is 12.2. The van der Waals surface area contributed by atoms with Crippen LogP contribution in [0.2, 0.25) is 0 Å². The van der Waals surface area contributed by atoms with Crippen molar-refractivity contribution in [2.75, 3.05) is 20.7 Å². The number of nitrogens with one attached hydrogen (secondary N) is 2. The van der Waals surface area contributed by atoms with Gasteiger partial charge in [-0.25, -0.2) is 12.7 Å². The molecule has 2 amide bonds. The zero-order valence-electron chi connectivity index (χ0n) is 16.1. The van der Waals surface area contributed by atoms with E-state index in [1.807, 2.05) is 26.0 Å². The molecular formula is C19H23N3O5S. The van der Waals surface area contributed by atoms with E-state index < -0.39 is 21.8 Å². The van der Waals surface area contributed by atoms with Crippen molar-refractivity contribution < 1.29 is 22.7 Å². The van der Waals surface area contributed by atoms with Gasteiger partial charge < -0.3 is 4.74 Å². The first kappa shape index (κ1) is 21.4. The quantitative estimate of drug-likeness (QED) is 0.707. The summed E-state index contributed by atoms with van der Waals surface area (Å²) in [6.45, 7) is 3.55. The molecule has 0 atom stereocenters. The third-order valence-electron chi connectivity index (χ3n) is 4.10. The average Bonchev–Trinajstić information content (AvgIpc) is 2.67. The van der Waals surface area contributed by atoms with Crippen LogP contribution in [0.3, 0.4) is 0 Å². The number of aryl methyl sites for hydroxylation is 1. The summed E-state index contributed by atoms with van der Waals surface area (Å²) in [6.07, 6.45) is 0. The largest absolute Gasteiger partial charge is 0.483 e. The molecule has 9 heteroatoms. The molecule has 8 nitrogen and oxygen atoms in total. The van der Waals surface area contributed by atoms with Crippen LogP contribution >= 0.6 is 0 Å². The zero-order chi connectivity index (χ0) is 20.9. The molecule has 150 valence electrons. The Hall–Kier alpha value is -2.91. The van der Waals surface area contributed by atoms with E-state index in [2.05, 4.69) is 10.9 Å². The fourth-order valence-electron chi connectivity index (χ4n) is 2.27. The predicted molar refractivity (Wildman–Crippen MR) is 104 cm³/mol. The van der Waals surface area contributed by atoms with Crippen molar-refractivity contribution in [3.05, 3.63) is 59.2 Å². The summed E-state index contributed by atoms with van der Waals surface area (Å²) in [6, 6.07) is 11.1. The highest BCUT2D eigenvalue weighted by atomic mass is 32.2. The number of amides is 2. The summed E-state index contributed by atoms with van der Waals surface area (Å²) in [5.41, 5.74) is 6.55. The lowest BCUT2D eigenvalue weighted by atomic mass is 10.1. The van der Waals surface area contributed by atoms with Crippen molar-refractivity contribution in [3.63, 3.8) is 0 Å². The second-order valence-electron chi connectivity index (χ2n) is 6.30. The Kier molecular flexibility index (Phi) is 6.76. The number of hydrogen-bond donors (Lipinski definition) is 2. The lowest BCUT2D eigenvalue weighted by Gasteiger charge is -2.13. The number of sulfonamides is 1. The molecular weight excluding hydrogens is 382 g/mol. The van der Waals surface area contributed by atoms with Gasteiger partial charge in [0.2, 0.25) is 10.0 Å². The molecule has 0 unspecified atom stereocenters. The molecule has 0 heterocycles. The molecule has 2 aromatic carbocycles. The van der Waals surface area contributed by atoms with Crippen LogP contribution in [0.1, 0.15) is 21.5 Å². The Morgan fingerprint density at radius 2 is 1.71 bits per heavy atom. The third kappa shape index (κ3) is 5.08. The Bertz CT molecular complexity index is 987. The van der Waals surface area contributed by atoms with E-state index in [4.69, 9.17) is 4.74 Å². The lowest BCUT2D eigenvalue weighted by molar-refractivity contribution is -0.123. The van der Waals surface area contributed by atoms with Gasteiger partial charge in [0.25, 0.3) is 11.8 Å². The summed E-state index contributed by atoms with van der Waals surface area (Å²) in [5, 5.41) is 0. The van der Waals surface area contributed by atoms with E-state index >= 15 is 0 Å². The van der Waals surface area contributed by atoms with Crippen molar-refractivity contribution in [1.29, 1.82) is 0 Å². The van der Waals surface area contributed by atoms with Gasteiger partial charge in [-0.1, -0.05) is 18.2 Å². The summed E-state index contributed by atoms with van der Waals surface area (Å²) in [5.74, 6) is -0.606. The Balaban J connectivity index is 1.95. The van der Waals surface area contributed by atoms with Crippen LogP contribution in [0, 0.1) is 13.8 Å². The highest BCUT2D eigenvalue weighted by molar-refractivity contribution is 7.89. The van der Waals surface area contributed by atoms with Crippen molar-refractivity contribution in [3.8, 4) is 5.75 Å². The van der Waals surface area contributed by atoms with Gasteiger partial charge in [0.05, 0.1) is 4.90 Å². The number of carbonyl (C=O) groups excluding carboxylic acids is 2. The van der Waals surface area contributed by atoms with E-state index in [0.717, 1.165) is 15.4 Å². The van der Waals surface area contributed by atoms with Crippen molar-refractivity contribution in [1.82, 2.24) is 15.2 Å². The number of ether oxygens (including phenoxy) is 1. The molecule has 0 aromatic heterocycles. The number of nitrogens with zero attached hydrogens (tertiary/aromatic N) is 1. The first-order chi connectivity index (χ1) is 13.1. The number of benzene rings is 2. The van der Waals surface area contributed by atoms with Gasteiger partial charge in [-0.15, -0.1) is 0 Å². The number of hydrazine groups is 1. The van der Waals surface area contributed by atoms with Crippen LogP contribution in [0.4, 0.5) is 0 Å². The number of carbonyl (C=O) groups is 2. The summed E-state index contributed by atoms with van der Waals surface area (Å²) in [7, 11) is -0.863. The molecule has 2 aromatic rings. The van der Waals surface area contributed by atoms with Crippen LogP contribution in [0.15, 0.2) is 47.4 Å². The SMILES string of the molecule is Cc1cccc(OCC(=O)NNC(=O)c2cccc(S(=O)(=O)N(C)C)c2)c1C. The minimum Gasteiger partial charge on any atom is -0.483 e. The van der Waals surface area contributed by atoms with Gasteiger partial charge in [-0.2, -0.15) is 0 Å². The monoisotopic (exact) mass is 405 g/mol. The maximum Gasteiger partial charge on any atom is 0.276 e. The van der Waals surface area contributed by atoms with Crippen LogP contribution < -0.4 is 15.6 Å². The number of hydrogen-bond acceptors (Lipinski definition) is 5. The molecule has 0 bridgehead atoms. The Labute approximate surface area is 164 Å². The molecule has 0 fully saturated rings. The van der Waals surface area contributed by atoms with Gasteiger partial charge in [0.1, 0.15) is 5.75 Å². The van der Waals surface area contributed by atoms with Crippen LogP contribution in [0.5, 0.6) is 5.75 Å². The molecule has 2 N–H and O–H groups in total. The van der Waals surface area contributed by atoms with E-state index in [0.29, 0.717) is 5.75 Å². The second kappa shape index (κ2) is 8.85. The Morgan fingerprint density at radius 1 is 1.04 bits per heavy atom. The minimum atomic E-state index is -3.67. The van der Waals surface area contributed by atoms with Gasteiger partial charge in [-0.3, -0.25) is 20.4 Å². The fraction of sp³-hybridized carbons (Fsp3) is 0.263. The summed E-state index contributed by atoms with van der Waals surface area (Å²) < 4.78 is 30.8. The van der Waals surface area contributed by atoms with Crippen LogP contribution in [-0.4, -0.2) is 45.2 Å². The molecule has 0 saturated heterocycles. The van der Waals surface area contributed by atoms with Crippen molar-refractivity contribution in [2.24, 2.45) is 0 Å². The molecule has 0 aliphatic rings. The average molecular weight is 405 g/mol. The standard InChI is InChI=1S/C19H23N3O5S/c1-13-7-5-10-17(14(13)2)27-12-18(23)20-21-19(24)15-8-6-9-16(11-15)28(25,26)22(3)4/h5-11H,12H2,1-4H3,(H,20,23)(H,21,24). The smallest absolute Gasteiger partial charge is 0.276 e. The van der Waals surface area contributed by atoms with E-state index in [-0.39, 0.29) is 17.1 Å². The highest BCUT2D eigenvalue weighted by Crippen LogP contribution is 2.20. The van der Waals surface area contributed by atoms with Gasteiger partial charge in [-0.05, 0) is 49.2 Å². The predicted octanol–water partition coefficient (Wildman–Crippen LogP) is 1.39. The van der Waals surface area contributed by atoms with Gasteiger partial charge >= 0.3 is 0 Å². The maximum absolute atomic E-state index is 12.2. The summed E-state index contributed by atoms with van der Waals surface area (Å²) in [4.78, 5) is 24.1. The van der Waals surface area contributed by atoms with Crippen molar-refractivity contribution in [2.45, 2.75) is 18.7 Å². The highest BCUT2D eigenvalue weighted by Gasteiger charge is 2.19. The molecule has 0 spiro atoms. The third-order valence-corrected chi connectivity index (χ3v) is 5.92. The molecule has 0 aliphatic heterocycles. The molecule has 2 rings (SSSR count). The van der Waals surface area contributed by atoms with Crippen molar-refractivity contribution >= 4 is 21.8 Å². The molecule has 0 aliphatic carbocycles. The van der Waals surface area contributed by atoms with E-state index in [1.54, 1.807) is 6.07 Å². The molecule has 28 heavy (non-hydrogen) atoms. The zero-order valence-corrected chi connectivity index (χ0v) is 17.0. The van der Waals surface area contributed by atoms with E-state index in [9.17, 15) is 18.0 Å². The first-order valence-corrected chi connectivity index (χ1v) is 9.87. The fourth-order valence-corrected chi connectivity index (χ4v) is 3.22. The van der Waals surface area contributed by atoms with Gasteiger partial charge in [0, 0.05) is 19.7 Å². The molecule has 0 radical (unpaired) electrons. The van der Waals surface area contributed by atoms with Crippen LogP contribution in [-0.2, 0) is 14.8 Å². The van der Waals surface area contributed by atoms with Crippen LogP contribution in [0.25, 0.3) is 0 Å². The number of rotatable bonds is 6. The van der Waals surface area contributed by atoms with E-state index in [1.165, 1.54) is 38.4 Å². The molecule has 0 saturated carbocycles.